The predicted molar refractivity (Wildman–Crippen MR) is 211 cm³/mol. The highest BCUT2D eigenvalue weighted by Crippen LogP contribution is 2.45. The van der Waals surface area contributed by atoms with Gasteiger partial charge in [-0.25, -0.2) is 0 Å². The minimum absolute atomic E-state index is 0.198. The Hall–Kier alpha value is -6.07. The second-order valence-corrected chi connectivity index (χ2v) is 15.1. The van der Waals surface area contributed by atoms with E-state index in [2.05, 4.69) is 9.97 Å². The molecule has 2 heterocycles. The molecule has 4 aromatic carbocycles. The quantitative estimate of drug-likeness (QED) is 0.124. The highest BCUT2D eigenvalue weighted by Gasteiger charge is 2.48. The number of hydrogen-bond acceptors (Lipinski definition) is 8. The minimum atomic E-state index is -0.897. The van der Waals surface area contributed by atoms with E-state index in [-0.39, 0.29) is 56.0 Å². The second kappa shape index (κ2) is 12.5. The molecule has 0 saturated carbocycles. The molecule has 10 rings (SSSR count). The van der Waals surface area contributed by atoms with E-state index in [0.29, 0.717) is 71.1 Å². The Morgan fingerprint density at radius 3 is 1.45 bits per heavy atom. The number of nitrogens with one attached hydrogen (secondary N) is 2. The van der Waals surface area contributed by atoms with Crippen molar-refractivity contribution in [1.29, 1.82) is 0 Å². The van der Waals surface area contributed by atoms with Crippen LogP contribution < -0.4 is 22.3 Å². The molecular weight excluding hydrogens is 763 g/mol. The van der Waals surface area contributed by atoms with E-state index in [4.69, 9.17) is 46.3 Å². The first-order valence-electron chi connectivity index (χ1n) is 17.0. The molecule has 4 unspecified atom stereocenters. The first-order chi connectivity index (χ1) is 26.3. The van der Waals surface area contributed by atoms with Gasteiger partial charge in [0, 0.05) is 77.0 Å². The average molecular weight is 788 g/mol. The SMILES string of the molecule is NC1=Cc2c([nH]c3c(Cl)cc(Cl)cc3c2=O)C2C(=O)c3ccccc3C(=O)C12.NC1=Cc2c([nH]c3cc(Cl)ccc3c2=O)C2C(=O)c3ccccc3C(=O)C12. The molecule has 10 nitrogen and oxygen atoms in total. The van der Waals surface area contributed by atoms with Gasteiger partial charge in [0.1, 0.15) is 0 Å². The third-order valence-electron chi connectivity index (χ3n) is 10.8. The molecule has 6 aromatic rings. The van der Waals surface area contributed by atoms with Crippen LogP contribution in [0.15, 0.2) is 99.8 Å². The highest BCUT2D eigenvalue weighted by atomic mass is 35.5. The van der Waals surface area contributed by atoms with Gasteiger partial charge in [0.15, 0.2) is 34.0 Å². The summed E-state index contributed by atoms with van der Waals surface area (Å²) in [5.41, 5.74) is 15.9. The van der Waals surface area contributed by atoms with E-state index in [0.717, 1.165) is 0 Å². The number of carbonyl (C=O) groups is 4. The number of pyridine rings is 2. The van der Waals surface area contributed by atoms with Crippen LogP contribution >= 0.6 is 34.8 Å². The maximum atomic E-state index is 13.3. The van der Waals surface area contributed by atoms with Crippen LogP contribution in [0.25, 0.3) is 34.0 Å². The van der Waals surface area contributed by atoms with Gasteiger partial charge >= 0.3 is 0 Å². The van der Waals surface area contributed by atoms with E-state index in [1.54, 1.807) is 66.7 Å². The number of halogens is 3. The minimum Gasteiger partial charge on any atom is -0.401 e. The Balaban J connectivity index is 0.000000144. The first-order valence-corrected chi connectivity index (χ1v) is 18.2. The van der Waals surface area contributed by atoms with Crippen LogP contribution in [0.3, 0.4) is 0 Å². The molecule has 55 heavy (non-hydrogen) atoms. The van der Waals surface area contributed by atoms with E-state index < -0.39 is 23.7 Å². The summed E-state index contributed by atoms with van der Waals surface area (Å²) in [6.45, 7) is 0. The second-order valence-electron chi connectivity index (χ2n) is 13.8. The lowest BCUT2D eigenvalue weighted by molar-refractivity contribution is 0.0810. The summed E-state index contributed by atoms with van der Waals surface area (Å²) in [5, 5.41) is 1.81. The van der Waals surface area contributed by atoms with Crippen molar-refractivity contribution in [3.8, 4) is 0 Å². The molecule has 0 bridgehead atoms. The standard InChI is InChI=1S/C21H12Cl2N2O3.C21H13ClN2O3/c22-8-5-11-17(13(23)6-8)25-18-12(19(11)26)7-14(24)15-16(18)21(28)10-4-2-1-3-9(10)20(15)27;22-9-5-6-12-15(7-9)24-18-13(19(12)25)8-14(23)16-17(18)21(27)11-4-2-1-3-10(11)20(16)26/h1-7,15-16H,24H2,(H,25,26);1-8,16-17H,23H2,(H,24,25). The van der Waals surface area contributed by atoms with Crippen molar-refractivity contribution >= 4 is 91.9 Å². The molecule has 270 valence electrons. The average Bonchev–Trinajstić information content (AvgIpc) is 3.17. The van der Waals surface area contributed by atoms with Crippen LogP contribution in [-0.4, -0.2) is 33.1 Å². The lowest BCUT2D eigenvalue weighted by atomic mass is 9.68. The number of fused-ring (bicyclic) bond motifs is 10. The predicted octanol–water partition coefficient (Wildman–Crippen LogP) is 7.20. The van der Waals surface area contributed by atoms with E-state index in [1.165, 1.54) is 24.3 Å². The first kappa shape index (κ1) is 34.7. The van der Waals surface area contributed by atoms with Gasteiger partial charge in [-0.3, -0.25) is 28.8 Å². The van der Waals surface area contributed by atoms with Gasteiger partial charge in [-0.2, -0.15) is 0 Å². The van der Waals surface area contributed by atoms with Crippen LogP contribution in [0, 0.1) is 11.8 Å². The molecule has 4 atom stereocenters. The van der Waals surface area contributed by atoms with E-state index >= 15 is 0 Å². The molecule has 0 fully saturated rings. The maximum absolute atomic E-state index is 13.3. The Morgan fingerprint density at radius 1 is 0.491 bits per heavy atom. The molecule has 6 N–H and O–H groups in total. The Kier molecular flexibility index (Phi) is 7.88. The third-order valence-corrected chi connectivity index (χ3v) is 11.6. The van der Waals surface area contributed by atoms with Crippen molar-refractivity contribution in [2.75, 3.05) is 0 Å². The Labute approximate surface area is 325 Å². The zero-order chi connectivity index (χ0) is 38.6. The Morgan fingerprint density at radius 2 is 0.945 bits per heavy atom. The summed E-state index contributed by atoms with van der Waals surface area (Å²) < 4.78 is 0. The number of Topliss-reactive ketones (excluding diaryl/α,β-unsaturated/α-hetero) is 4. The summed E-state index contributed by atoms with van der Waals surface area (Å²) in [5.74, 6) is -4.32. The summed E-state index contributed by atoms with van der Waals surface area (Å²) in [7, 11) is 0. The number of allylic oxidation sites excluding steroid dienone is 2. The van der Waals surface area contributed by atoms with Gasteiger partial charge in [0.25, 0.3) is 0 Å². The largest absolute Gasteiger partial charge is 0.401 e. The fraction of sp³-hybridized carbons (Fsp3) is 0.0952. The number of benzene rings is 4. The molecular formula is C42H25Cl3N4O6. The number of ketones is 4. The van der Waals surface area contributed by atoms with Crippen molar-refractivity contribution in [3.63, 3.8) is 0 Å². The molecule has 0 spiro atoms. The van der Waals surface area contributed by atoms with Gasteiger partial charge in [-0.1, -0.05) is 83.3 Å². The van der Waals surface area contributed by atoms with Gasteiger partial charge < -0.3 is 21.4 Å². The molecule has 4 aliphatic carbocycles. The van der Waals surface area contributed by atoms with E-state index in [1.807, 2.05) is 0 Å². The van der Waals surface area contributed by atoms with Crippen LogP contribution in [-0.2, 0) is 0 Å². The zero-order valence-electron chi connectivity index (χ0n) is 28.2. The molecule has 13 heteroatoms. The van der Waals surface area contributed by atoms with Crippen LogP contribution in [0.5, 0.6) is 0 Å². The fourth-order valence-electron chi connectivity index (χ4n) is 8.32. The molecule has 2 aromatic heterocycles. The van der Waals surface area contributed by atoms with Gasteiger partial charge in [-0.15, -0.1) is 0 Å². The van der Waals surface area contributed by atoms with Gasteiger partial charge in [0.05, 0.1) is 39.7 Å². The Bertz CT molecular complexity index is 3000. The van der Waals surface area contributed by atoms with Crippen LogP contribution in [0.2, 0.25) is 15.1 Å². The summed E-state index contributed by atoms with van der Waals surface area (Å²) in [4.78, 5) is 85.0. The molecule has 0 aliphatic heterocycles. The molecule has 4 aliphatic rings. The lowest BCUT2D eigenvalue weighted by Crippen LogP contribution is -2.41. The summed E-state index contributed by atoms with van der Waals surface area (Å²) in [6.07, 6.45) is 2.99. The summed E-state index contributed by atoms with van der Waals surface area (Å²) >= 11 is 18.4. The van der Waals surface area contributed by atoms with Crippen molar-refractivity contribution < 1.29 is 19.2 Å². The van der Waals surface area contributed by atoms with Crippen molar-refractivity contribution in [3.05, 3.63) is 171 Å². The number of hydrogen-bond donors (Lipinski definition) is 4. The monoisotopic (exact) mass is 786 g/mol. The highest BCUT2D eigenvalue weighted by molar-refractivity contribution is 6.38. The summed E-state index contributed by atoms with van der Waals surface area (Å²) in [6, 6.07) is 21.3. The van der Waals surface area contributed by atoms with Crippen molar-refractivity contribution in [2.24, 2.45) is 23.3 Å². The number of H-pyrrole nitrogens is 2. The molecule has 0 radical (unpaired) electrons. The number of carbonyl (C=O) groups excluding carboxylic acids is 4. The number of rotatable bonds is 0. The van der Waals surface area contributed by atoms with Crippen LogP contribution in [0.1, 0.15) is 75.8 Å². The molecule has 0 saturated heterocycles. The molecule has 0 amide bonds. The normalized spacial score (nSPS) is 20.6. The fourth-order valence-corrected chi connectivity index (χ4v) is 9.03. The zero-order valence-corrected chi connectivity index (χ0v) is 30.5. The number of aromatic nitrogens is 2. The smallest absolute Gasteiger partial charge is 0.197 e. The number of nitrogens with two attached hydrogens (primary N) is 2. The van der Waals surface area contributed by atoms with Gasteiger partial charge in [-0.05, 0) is 42.5 Å². The van der Waals surface area contributed by atoms with Gasteiger partial charge in [0.2, 0.25) is 0 Å². The topological polar surface area (TPSA) is 186 Å². The van der Waals surface area contributed by atoms with Crippen molar-refractivity contribution in [2.45, 2.75) is 11.8 Å². The maximum Gasteiger partial charge on any atom is 0.197 e. The van der Waals surface area contributed by atoms with Crippen LogP contribution in [0.4, 0.5) is 0 Å². The third kappa shape index (κ3) is 5.09. The van der Waals surface area contributed by atoms with E-state index in [9.17, 15) is 28.8 Å². The lowest BCUT2D eigenvalue weighted by Gasteiger charge is -2.34. The number of aromatic amines is 2. The van der Waals surface area contributed by atoms with Crippen molar-refractivity contribution in [1.82, 2.24) is 9.97 Å².